The van der Waals surface area contributed by atoms with Gasteiger partial charge < -0.3 is 15.7 Å². The van der Waals surface area contributed by atoms with E-state index in [9.17, 15) is 14.3 Å². The quantitative estimate of drug-likeness (QED) is 0.367. The largest absolute Gasteiger partial charge is 0.387 e. The number of alkyl halides is 1. The van der Waals surface area contributed by atoms with Gasteiger partial charge in [0.05, 0.1) is 52.1 Å². The van der Waals surface area contributed by atoms with Crippen LogP contribution in [0.15, 0.2) is 36.7 Å². The van der Waals surface area contributed by atoms with Crippen molar-refractivity contribution in [3.8, 4) is 17.5 Å². The number of hydrogen-bond acceptors (Lipinski definition) is 9. The van der Waals surface area contributed by atoms with Gasteiger partial charge in [0.15, 0.2) is 0 Å². The molecule has 4 rings (SSSR count). The zero-order chi connectivity index (χ0) is 24.5. The molecule has 0 aliphatic rings. The number of hydrogen-bond donors (Lipinski definition) is 3. The summed E-state index contributed by atoms with van der Waals surface area (Å²) in [4.78, 5) is 21.5. The van der Waals surface area contributed by atoms with Crippen molar-refractivity contribution in [2.24, 2.45) is 0 Å². The minimum atomic E-state index is -1.65. The number of aliphatic hydroxyl groups is 1. The molecule has 34 heavy (non-hydrogen) atoms. The van der Waals surface area contributed by atoms with Crippen LogP contribution in [-0.2, 0) is 0 Å². The summed E-state index contributed by atoms with van der Waals surface area (Å²) in [6.45, 7) is 4.05. The summed E-state index contributed by atoms with van der Waals surface area (Å²) in [5.74, 6) is 0.0137. The van der Waals surface area contributed by atoms with Crippen LogP contribution < -0.4 is 10.6 Å². The smallest absolute Gasteiger partial charge is 0.255 e. The van der Waals surface area contributed by atoms with E-state index in [2.05, 4.69) is 36.1 Å². The van der Waals surface area contributed by atoms with Gasteiger partial charge in [0, 0.05) is 17.7 Å². The van der Waals surface area contributed by atoms with Crippen molar-refractivity contribution in [1.82, 2.24) is 29.3 Å². The Balaban J connectivity index is 1.70. The average molecular weight is 481 g/mol. The van der Waals surface area contributed by atoms with Gasteiger partial charge in [-0.1, -0.05) is 0 Å². The number of anilines is 2. The molecule has 0 radical (unpaired) electrons. The Bertz CT molecular complexity index is 1400. The summed E-state index contributed by atoms with van der Waals surface area (Å²) in [6.07, 6.45) is 1.18. The Morgan fingerprint density at radius 3 is 2.82 bits per heavy atom. The molecule has 0 aromatic carbocycles. The SMILES string of the molecule is Cc1nsc(Nc2cc(-c3ccc4cc(C#N)cnn34)ncc2C(=O)NC[C@@H](F)C(C)(C)O)n1. The molecular formula is C22H21FN8O2S. The van der Waals surface area contributed by atoms with E-state index in [1.54, 1.807) is 23.6 Å². The maximum absolute atomic E-state index is 14.1. The van der Waals surface area contributed by atoms with E-state index in [1.165, 1.54) is 26.2 Å². The zero-order valence-corrected chi connectivity index (χ0v) is 19.4. The van der Waals surface area contributed by atoms with Crippen molar-refractivity contribution >= 4 is 33.8 Å². The van der Waals surface area contributed by atoms with Gasteiger partial charge in [0.2, 0.25) is 5.13 Å². The number of rotatable bonds is 7. The predicted molar refractivity (Wildman–Crippen MR) is 125 cm³/mol. The van der Waals surface area contributed by atoms with Gasteiger partial charge in [-0.05, 0) is 45.0 Å². The number of aromatic nitrogens is 5. The third kappa shape index (κ3) is 4.85. The lowest BCUT2D eigenvalue weighted by atomic mass is 10.0. The van der Waals surface area contributed by atoms with Crippen LogP contribution in [-0.4, -0.2) is 53.3 Å². The molecule has 0 unspecified atom stereocenters. The van der Waals surface area contributed by atoms with E-state index in [4.69, 9.17) is 5.26 Å². The topological polar surface area (TPSA) is 141 Å². The number of amides is 1. The molecule has 0 bridgehead atoms. The maximum atomic E-state index is 14.1. The van der Waals surface area contributed by atoms with Crippen LogP contribution in [0.1, 0.15) is 35.6 Å². The van der Waals surface area contributed by atoms with E-state index in [1.807, 2.05) is 12.1 Å². The standard InChI is InChI=1S/C22H21FN8O2S/c1-12-28-21(34-30-12)29-16-7-17(18-5-4-14-6-13(8-24)9-27-31(14)18)25-10-15(16)20(32)26-11-19(23)22(2,3)33/h4-7,9-10,19,33H,11H2,1-3H3,(H,26,32)(H,25,28,29,30)/t19-/m1/s1. The molecule has 1 amide bonds. The molecule has 12 heteroatoms. The Morgan fingerprint density at radius 2 is 2.15 bits per heavy atom. The average Bonchev–Trinajstić information content (AvgIpc) is 3.41. The van der Waals surface area contributed by atoms with Crippen LogP contribution in [0.2, 0.25) is 0 Å². The van der Waals surface area contributed by atoms with Crippen LogP contribution in [0.3, 0.4) is 0 Å². The lowest BCUT2D eigenvalue weighted by Crippen LogP contribution is -2.42. The fourth-order valence-electron chi connectivity index (χ4n) is 3.12. The summed E-state index contributed by atoms with van der Waals surface area (Å²) < 4.78 is 19.9. The highest BCUT2D eigenvalue weighted by molar-refractivity contribution is 7.09. The molecule has 0 aliphatic heterocycles. The van der Waals surface area contributed by atoms with Gasteiger partial charge in [-0.25, -0.2) is 13.9 Å². The van der Waals surface area contributed by atoms with Crippen LogP contribution >= 0.6 is 11.5 Å². The highest BCUT2D eigenvalue weighted by Crippen LogP contribution is 2.28. The number of aryl methyl sites for hydroxylation is 1. The Kier molecular flexibility index (Phi) is 6.23. The second-order valence-corrected chi connectivity index (χ2v) is 8.88. The molecule has 0 saturated heterocycles. The van der Waals surface area contributed by atoms with Crippen molar-refractivity contribution in [3.63, 3.8) is 0 Å². The molecule has 4 aromatic heterocycles. The number of pyridine rings is 1. The lowest BCUT2D eigenvalue weighted by Gasteiger charge is -2.22. The Hall–Kier alpha value is -3.95. The molecule has 1 atom stereocenters. The van der Waals surface area contributed by atoms with Crippen molar-refractivity contribution in [1.29, 1.82) is 5.26 Å². The first-order valence-corrected chi connectivity index (χ1v) is 11.0. The Morgan fingerprint density at radius 1 is 1.35 bits per heavy atom. The molecule has 0 aliphatic carbocycles. The second kappa shape index (κ2) is 9.12. The maximum Gasteiger partial charge on any atom is 0.255 e. The molecule has 4 heterocycles. The van der Waals surface area contributed by atoms with Crippen molar-refractivity contribution in [2.75, 3.05) is 11.9 Å². The zero-order valence-electron chi connectivity index (χ0n) is 18.6. The molecule has 174 valence electrons. The van der Waals surface area contributed by atoms with Crippen molar-refractivity contribution < 1.29 is 14.3 Å². The van der Waals surface area contributed by atoms with E-state index in [0.29, 0.717) is 39.1 Å². The van der Waals surface area contributed by atoms with Crippen molar-refractivity contribution in [2.45, 2.75) is 32.5 Å². The lowest BCUT2D eigenvalue weighted by molar-refractivity contribution is -0.00177. The number of nitrogens with one attached hydrogen (secondary N) is 2. The highest BCUT2D eigenvalue weighted by Gasteiger charge is 2.27. The van der Waals surface area contributed by atoms with Gasteiger partial charge in [0.1, 0.15) is 18.1 Å². The number of halogens is 1. The summed E-state index contributed by atoms with van der Waals surface area (Å²) in [5.41, 5.74) is 1.28. The van der Waals surface area contributed by atoms with Gasteiger partial charge in [-0.2, -0.15) is 14.7 Å². The van der Waals surface area contributed by atoms with E-state index < -0.39 is 17.7 Å². The Labute approximate surface area is 198 Å². The number of carbonyl (C=O) groups excluding carboxylic acids is 1. The van der Waals surface area contributed by atoms with Gasteiger partial charge in [0.25, 0.3) is 5.91 Å². The van der Waals surface area contributed by atoms with Crippen LogP contribution in [0, 0.1) is 18.3 Å². The normalized spacial score (nSPS) is 12.4. The second-order valence-electron chi connectivity index (χ2n) is 8.13. The minimum absolute atomic E-state index is 0.167. The van der Waals surface area contributed by atoms with Crippen LogP contribution in [0.25, 0.3) is 16.9 Å². The van der Waals surface area contributed by atoms with E-state index in [0.717, 1.165) is 11.5 Å². The first-order valence-electron chi connectivity index (χ1n) is 10.3. The van der Waals surface area contributed by atoms with Crippen LogP contribution in [0.5, 0.6) is 0 Å². The predicted octanol–water partition coefficient (Wildman–Crippen LogP) is 3.01. The molecule has 0 spiro atoms. The molecule has 4 aromatic rings. The monoisotopic (exact) mass is 480 g/mol. The number of fused-ring (bicyclic) bond motifs is 1. The molecule has 0 saturated carbocycles. The minimum Gasteiger partial charge on any atom is -0.387 e. The first kappa shape index (κ1) is 23.2. The third-order valence-electron chi connectivity index (χ3n) is 5.02. The first-order chi connectivity index (χ1) is 16.2. The molecule has 0 fully saturated rings. The number of carbonyl (C=O) groups is 1. The summed E-state index contributed by atoms with van der Waals surface area (Å²) in [7, 11) is 0. The van der Waals surface area contributed by atoms with Gasteiger partial charge in [-0.15, -0.1) is 0 Å². The summed E-state index contributed by atoms with van der Waals surface area (Å²) >= 11 is 1.13. The number of nitrogens with zero attached hydrogens (tertiary/aromatic N) is 6. The molecular weight excluding hydrogens is 459 g/mol. The van der Waals surface area contributed by atoms with Crippen molar-refractivity contribution in [3.05, 3.63) is 53.6 Å². The summed E-state index contributed by atoms with van der Waals surface area (Å²) in [5, 5.41) is 29.3. The molecule has 3 N–H and O–H groups in total. The number of nitriles is 1. The van der Waals surface area contributed by atoms with Gasteiger partial charge in [-0.3, -0.25) is 9.78 Å². The molecule has 10 nitrogen and oxygen atoms in total. The highest BCUT2D eigenvalue weighted by atomic mass is 32.1. The fourth-order valence-corrected chi connectivity index (χ4v) is 3.71. The third-order valence-corrected chi connectivity index (χ3v) is 5.74. The van der Waals surface area contributed by atoms with E-state index in [-0.39, 0.29) is 12.1 Å². The fraction of sp³-hybridized carbons (Fsp3) is 0.273. The van der Waals surface area contributed by atoms with Gasteiger partial charge >= 0.3 is 0 Å². The van der Waals surface area contributed by atoms with E-state index >= 15 is 0 Å². The summed E-state index contributed by atoms with van der Waals surface area (Å²) in [6, 6.07) is 9.04. The van der Waals surface area contributed by atoms with Crippen LogP contribution in [0.4, 0.5) is 15.2 Å².